The number of phosphoric ester groups is 2. The minimum Gasteiger partial charge on any atom is -0.387 e. The second-order valence-corrected chi connectivity index (χ2v) is 12.7. The van der Waals surface area contributed by atoms with Crippen LogP contribution in [0.3, 0.4) is 0 Å². The van der Waals surface area contributed by atoms with E-state index in [1.165, 1.54) is 10.9 Å². The van der Waals surface area contributed by atoms with E-state index >= 15 is 4.39 Å². The van der Waals surface area contributed by atoms with Gasteiger partial charge in [0.15, 0.2) is 29.8 Å². The zero-order valence-electron chi connectivity index (χ0n) is 21.6. The van der Waals surface area contributed by atoms with Crippen LogP contribution in [0.1, 0.15) is 12.5 Å². The number of hydrogen-bond donors (Lipinski definition) is 4. The summed E-state index contributed by atoms with van der Waals surface area (Å²) in [6.07, 6.45) is -9.58. The fraction of sp³-hybridized carbons (Fsp3) is 0.455. The maximum atomic E-state index is 15.8. The lowest BCUT2D eigenvalue weighted by Gasteiger charge is -2.25. The summed E-state index contributed by atoms with van der Waals surface area (Å²) < 4.78 is 76.6. The smallest absolute Gasteiger partial charge is 0.387 e. The van der Waals surface area contributed by atoms with Crippen molar-refractivity contribution in [3.05, 3.63) is 53.6 Å². The molecule has 6 heterocycles. The Morgan fingerprint density at radius 3 is 2.37 bits per heavy atom. The average molecular weight is 644 g/mol. The van der Waals surface area contributed by atoms with Crippen molar-refractivity contribution in [1.29, 1.82) is 0 Å². The third kappa shape index (κ3) is 5.15. The second-order valence-electron chi connectivity index (χ2n) is 9.93. The molecule has 3 saturated heterocycles. The lowest BCUT2D eigenvalue weighted by atomic mass is 10.1. The summed E-state index contributed by atoms with van der Waals surface area (Å²) in [6.45, 7) is -1.63. The van der Waals surface area contributed by atoms with E-state index in [1.807, 2.05) is 0 Å². The topological polar surface area (TPSA) is 232 Å². The third-order valence-corrected chi connectivity index (χ3v) is 9.26. The summed E-state index contributed by atoms with van der Waals surface area (Å²) in [5.41, 5.74) is 0.289. The highest BCUT2D eigenvalue weighted by atomic mass is 31.2. The molecular weight excluding hydrogens is 621 g/mol. The molecule has 3 aliphatic rings. The molecule has 3 fully saturated rings. The van der Waals surface area contributed by atoms with Gasteiger partial charge in [-0.2, -0.15) is 0 Å². The van der Waals surface area contributed by atoms with E-state index in [4.69, 9.17) is 27.6 Å². The molecule has 1 aromatic carbocycles. The highest BCUT2D eigenvalue weighted by Crippen LogP contribution is 2.54. The number of imidazole rings is 2. The summed E-state index contributed by atoms with van der Waals surface area (Å²) in [5.74, 6) is 0. The van der Waals surface area contributed by atoms with Gasteiger partial charge in [0.25, 0.3) is 5.56 Å². The van der Waals surface area contributed by atoms with Crippen molar-refractivity contribution in [2.45, 2.75) is 49.1 Å². The number of aromatic nitrogens is 6. The molecule has 2 bridgehead atoms. The Kier molecular flexibility index (Phi) is 7.11. The molecule has 10 atom stereocenters. The summed E-state index contributed by atoms with van der Waals surface area (Å²) in [5, 5.41) is 11.0. The molecule has 4 aromatic rings. The van der Waals surface area contributed by atoms with Crippen molar-refractivity contribution >= 4 is 37.8 Å². The molecule has 3 aliphatic heterocycles. The van der Waals surface area contributed by atoms with E-state index in [0.29, 0.717) is 11.0 Å². The number of H-pyrrole nitrogens is 1. The van der Waals surface area contributed by atoms with E-state index in [1.54, 1.807) is 24.3 Å². The molecule has 7 rings (SSSR count). The number of benzene rings is 1. The van der Waals surface area contributed by atoms with Crippen LogP contribution in [-0.2, 0) is 36.7 Å². The predicted octanol–water partition coefficient (Wildman–Crippen LogP) is 0.681. The van der Waals surface area contributed by atoms with Crippen LogP contribution in [0, 0.1) is 0 Å². The maximum Gasteiger partial charge on any atom is 0.472 e. The van der Waals surface area contributed by atoms with Crippen molar-refractivity contribution in [3.8, 4) is 0 Å². The standard InChI is InChI=1S/C22H23FN6O12P2/c23-14-17-13(39-21(14)29-9-27-15-19(29)24-7-25-20(15)31)6-37-43(34,35)41-18-16(30)12(5-36-42(32,33)40-17)38-22(18)28-8-26-10-3-1-2-4-11(10)28/h1-4,7-9,12-14,16-18,21-22,30H,5-6H2,(H,32,33)(H,34,35)(H,24,25,31)/t12-,13-,14+,16+,17?,18?,21-,22-/m1/s1. The first kappa shape index (κ1) is 28.8. The summed E-state index contributed by atoms with van der Waals surface area (Å²) >= 11 is 0. The fourth-order valence-corrected chi connectivity index (χ4v) is 7.19. The van der Waals surface area contributed by atoms with E-state index in [0.717, 1.165) is 17.2 Å². The third-order valence-electron chi connectivity index (χ3n) is 7.29. The Morgan fingerprint density at radius 2 is 1.58 bits per heavy atom. The first-order chi connectivity index (χ1) is 20.5. The van der Waals surface area contributed by atoms with Gasteiger partial charge in [-0.05, 0) is 12.1 Å². The zero-order valence-corrected chi connectivity index (χ0v) is 23.4. The monoisotopic (exact) mass is 644 g/mol. The first-order valence-electron chi connectivity index (χ1n) is 12.8. The lowest BCUT2D eigenvalue weighted by Crippen LogP contribution is -2.35. The van der Waals surface area contributed by atoms with Gasteiger partial charge in [-0.3, -0.25) is 27.5 Å². The minimum absolute atomic E-state index is 0.0634. The predicted molar refractivity (Wildman–Crippen MR) is 138 cm³/mol. The molecular formula is C22H23FN6O12P2. The molecule has 0 amide bonds. The summed E-state index contributed by atoms with van der Waals surface area (Å²) in [7, 11) is -10.1. The van der Waals surface area contributed by atoms with Gasteiger partial charge in [-0.1, -0.05) is 12.1 Å². The normalized spacial score (nSPS) is 38.9. The largest absolute Gasteiger partial charge is 0.472 e. The quantitative estimate of drug-likeness (QED) is 0.220. The van der Waals surface area contributed by atoms with Gasteiger partial charge in [-0.25, -0.2) is 28.5 Å². The lowest BCUT2D eigenvalue weighted by molar-refractivity contribution is -0.0669. The van der Waals surface area contributed by atoms with Crippen molar-refractivity contribution in [2.24, 2.45) is 0 Å². The highest BCUT2D eigenvalue weighted by molar-refractivity contribution is 7.47. The SMILES string of the molecule is O=c1[nH]cnc2c1ncn2[C@@H]1O[C@@H]2COP(=O)(O)OC3[C@@H](O)[C@@H](COP(=O)(O)OC2[C@@H]1F)O[C@H]3n1cnc2ccccc21. The molecule has 21 heteroatoms. The van der Waals surface area contributed by atoms with Gasteiger partial charge in [0.05, 0.1) is 43.2 Å². The van der Waals surface area contributed by atoms with Crippen LogP contribution in [0.2, 0.25) is 0 Å². The molecule has 230 valence electrons. The number of rotatable bonds is 2. The van der Waals surface area contributed by atoms with E-state index < -0.39 is 83.6 Å². The van der Waals surface area contributed by atoms with Gasteiger partial charge >= 0.3 is 15.6 Å². The van der Waals surface area contributed by atoms with Crippen LogP contribution >= 0.6 is 15.6 Å². The highest BCUT2D eigenvalue weighted by Gasteiger charge is 2.54. The van der Waals surface area contributed by atoms with Crippen LogP contribution in [0.15, 0.2) is 48.0 Å². The number of hydrogen-bond acceptors (Lipinski definition) is 13. The summed E-state index contributed by atoms with van der Waals surface area (Å²) in [4.78, 5) is 47.7. The molecule has 4 unspecified atom stereocenters. The Balaban J connectivity index is 1.20. The average Bonchev–Trinajstić information content (AvgIpc) is 3.72. The summed E-state index contributed by atoms with van der Waals surface area (Å²) in [6, 6.07) is 6.87. The Hall–Kier alpha value is -2.93. The van der Waals surface area contributed by atoms with Crippen LogP contribution in [0.5, 0.6) is 0 Å². The Bertz CT molecular complexity index is 1830. The fourth-order valence-electron chi connectivity index (χ4n) is 5.31. The van der Waals surface area contributed by atoms with Crippen LogP contribution in [0.4, 0.5) is 4.39 Å². The number of aliphatic hydroxyl groups is 1. The van der Waals surface area contributed by atoms with Crippen LogP contribution in [-0.4, -0.2) is 93.9 Å². The van der Waals surface area contributed by atoms with Crippen molar-refractivity contribution < 1.29 is 56.0 Å². The number of alkyl halides is 1. The number of halogens is 1. The van der Waals surface area contributed by atoms with E-state index in [2.05, 4.69) is 19.9 Å². The number of nitrogens with zero attached hydrogens (tertiary/aromatic N) is 5. The molecule has 4 N–H and O–H groups in total. The molecule has 3 aromatic heterocycles. The first-order valence-corrected chi connectivity index (χ1v) is 15.8. The molecule has 0 aliphatic carbocycles. The van der Waals surface area contributed by atoms with Crippen molar-refractivity contribution in [3.63, 3.8) is 0 Å². The van der Waals surface area contributed by atoms with Gasteiger partial charge < -0.3 is 33.9 Å². The number of aliphatic hydroxyl groups excluding tert-OH is 1. The van der Waals surface area contributed by atoms with E-state index in [9.17, 15) is 28.8 Å². The molecule has 43 heavy (non-hydrogen) atoms. The Labute approximate surface area is 239 Å². The van der Waals surface area contributed by atoms with Crippen molar-refractivity contribution in [2.75, 3.05) is 13.2 Å². The number of aromatic amines is 1. The minimum atomic E-state index is -5.08. The van der Waals surface area contributed by atoms with Crippen LogP contribution in [0.25, 0.3) is 22.2 Å². The molecule has 0 radical (unpaired) electrons. The maximum absolute atomic E-state index is 15.8. The second kappa shape index (κ2) is 10.6. The van der Waals surface area contributed by atoms with Crippen LogP contribution < -0.4 is 5.56 Å². The molecule has 0 saturated carbocycles. The number of para-hydroxylation sites is 2. The molecule has 0 spiro atoms. The van der Waals surface area contributed by atoms with Gasteiger partial charge in [0.1, 0.15) is 30.5 Å². The van der Waals surface area contributed by atoms with Crippen molar-refractivity contribution in [1.82, 2.24) is 29.1 Å². The number of fused-ring (bicyclic) bond motifs is 5. The zero-order chi connectivity index (χ0) is 30.1. The van der Waals surface area contributed by atoms with Gasteiger partial charge in [0, 0.05) is 0 Å². The van der Waals surface area contributed by atoms with Gasteiger partial charge in [0.2, 0.25) is 0 Å². The number of ether oxygens (including phenoxy) is 2. The molecule has 18 nitrogen and oxygen atoms in total. The number of nitrogens with one attached hydrogen (secondary N) is 1. The Morgan fingerprint density at radius 1 is 0.907 bits per heavy atom. The van der Waals surface area contributed by atoms with Gasteiger partial charge in [-0.15, -0.1) is 0 Å². The van der Waals surface area contributed by atoms with E-state index in [-0.39, 0.29) is 11.2 Å². The number of phosphoric acid groups is 2.